The van der Waals surface area contributed by atoms with E-state index in [4.69, 9.17) is 4.52 Å². The monoisotopic (exact) mass is 353 g/mol. The second kappa shape index (κ2) is 7.56. The summed E-state index contributed by atoms with van der Waals surface area (Å²) in [5.74, 6) is 0.805. The van der Waals surface area contributed by atoms with Crippen LogP contribution in [-0.2, 0) is 12.7 Å². The molecule has 0 radical (unpaired) electrons. The third-order valence-corrected chi connectivity index (χ3v) is 4.77. The molecular weight excluding hydrogens is 331 g/mol. The van der Waals surface area contributed by atoms with E-state index in [9.17, 15) is 13.2 Å². The highest BCUT2D eigenvalue weighted by molar-refractivity contribution is 5.54. The minimum atomic E-state index is -4.34. The molecule has 1 aliphatic carbocycles. The van der Waals surface area contributed by atoms with Gasteiger partial charge in [0.2, 0.25) is 11.7 Å². The van der Waals surface area contributed by atoms with Crippen molar-refractivity contribution in [2.75, 3.05) is 7.05 Å². The number of halogens is 3. The SMILES string of the molecule is CN(Cc1nc(-c2ccc(C(F)(F)F)cc2)no1)C1CCCCCC1. The Hall–Kier alpha value is -1.89. The molecule has 0 bridgehead atoms. The van der Waals surface area contributed by atoms with Gasteiger partial charge in [0, 0.05) is 11.6 Å². The zero-order chi connectivity index (χ0) is 17.9. The lowest BCUT2D eigenvalue weighted by atomic mass is 10.1. The number of aromatic nitrogens is 2. The highest BCUT2D eigenvalue weighted by Gasteiger charge is 2.30. The Bertz CT molecular complexity index is 674. The Kier molecular flexibility index (Phi) is 5.42. The topological polar surface area (TPSA) is 42.2 Å². The van der Waals surface area contributed by atoms with Crippen molar-refractivity contribution in [3.63, 3.8) is 0 Å². The molecule has 0 saturated heterocycles. The molecule has 4 nitrogen and oxygen atoms in total. The Morgan fingerprint density at radius 2 is 1.72 bits per heavy atom. The second-order valence-electron chi connectivity index (χ2n) is 6.65. The van der Waals surface area contributed by atoms with Crippen LogP contribution in [0.15, 0.2) is 28.8 Å². The minimum absolute atomic E-state index is 0.318. The molecule has 1 saturated carbocycles. The van der Waals surface area contributed by atoms with Gasteiger partial charge in [-0.25, -0.2) is 0 Å². The molecular formula is C18H22F3N3O. The zero-order valence-electron chi connectivity index (χ0n) is 14.2. The lowest BCUT2D eigenvalue weighted by Crippen LogP contribution is -2.30. The molecule has 1 aliphatic rings. The first-order chi connectivity index (χ1) is 11.9. The lowest BCUT2D eigenvalue weighted by Gasteiger charge is -2.25. The molecule has 7 heteroatoms. The summed E-state index contributed by atoms with van der Waals surface area (Å²) < 4.78 is 43.1. The van der Waals surface area contributed by atoms with E-state index in [0.717, 1.165) is 12.1 Å². The molecule has 1 heterocycles. The average Bonchev–Trinajstić information content (AvgIpc) is 2.87. The van der Waals surface area contributed by atoms with Crippen molar-refractivity contribution >= 4 is 0 Å². The van der Waals surface area contributed by atoms with Gasteiger partial charge < -0.3 is 4.52 Å². The van der Waals surface area contributed by atoms with E-state index < -0.39 is 11.7 Å². The van der Waals surface area contributed by atoms with Crippen molar-refractivity contribution in [1.82, 2.24) is 15.0 Å². The maximum Gasteiger partial charge on any atom is 0.416 e. The number of hydrogen-bond acceptors (Lipinski definition) is 4. The predicted molar refractivity (Wildman–Crippen MR) is 87.7 cm³/mol. The molecule has 2 aromatic rings. The molecule has 1 aromatic carbocycles. The Morgan fingerprint density at radius 3 is 2.32 bits per heavy atom. The normalized spacial score (nSPS) is 17.0. The fourth-order valence-corrected chi connectivity index (χ4v) is 3.29. The average molecular weight is 353 g/mol. The molecule has 1 aromatic heterocycles. The molecule has 1 fully saturated rings. The first-order valence-electron chi connectivity index (χ1n) is 8.64. The van der Waals surface area contributed by atoms with Crippen LogP contribution in [0.4, 0.5) is 13.2 Å². The summed E-state index contributed by atoms with van der Waals surface area (Å²) >= 11 is 0. The van der Waals surface area contributed by atoms with Crippen LogP contribution in [-0.4, -0.2) is 28.1 Å². The van der Waals surface area contributed by atoms with Gasteiger partial charge in [-0.1, -0.05) is 43.0 Å². The summed E-state index contributed by atoms with van der Waals surface area (Å²) in [6.45, 7) is 0.554. The maximum atomic E-state index is 12.6. The summed E-state index contributed by atoms with van der Waals surface area (Å²) in [6.07, 6.45) is 3.09. The zero-order valence-corrected chi connectivity index (χ0v) is 14.2. The first kappa shape index (κ1) is 17.9. The lowest BCUT2D eigenvalue weighted by molar-refractivity contribution is -0.137. The molecule has 136 valence electrons. The number of benzene rings is 1. The number of rotatable bonds is 4. The molecule has 0 N–H and O–H groups in total. The highest BCUT2D eigenvalue weighted by Crippen LogP contribution is 2.30. The third-order valence-electron chi connectivity index (χ3n) is 4.77. The minimum Gasteiger partial charge on any atom is -0.338 e. The summed E-state index contributed by atoms with van der Waals surface area (Å²) in [6, 6.07) is 5.31. The van der Waals surface area contributed by atoms with E-state index in [0.29, 0.717) is 29.9 Å². The van der Waals surface area contributed by atoms with Gasteiger partial charge in [0.1, 0.15) is 0 Å². The van der Waals surface area contributed by atoms with Crippen LogP contribution in [0.2, 0.25) is 0 Å². The van der Waals surface area contributed by atoms with E-state index in [1.54, 1.807) is 0 Å². The molecule has 25 heavy (non-hydrogen) atoms. The summed E-state index contributed by atoms with van der Waals surface area (Å²) in [5, 5.41) is 3.90. The molecule has 0 spiro atoms. The largest absolute Gasteiger partial charge is 0.416 e. The van der Waals surface area contributed by atoms with Gasteiger partial charge in [0.25, 0.3) is 0 Å². The van der Waals surface area contributed by atoms with Gasteiger partial charge in [-0.2, -0.15) is 18.2 Å². The van der Waals surface area contributed by atoms with Crippen molar-refractivity contribution < 1.29 is 17.7 Å². The van der Waals surface area contributed by atoms with E-state index in [1.807, 2.05) is 0 Å². The Balaban J connectivity index is 1.65. The van der Waals surface area contributed by atoms with E-state index >= 15 is 0 Å². The van der Waals surface area contributed by atoms with Crippen LogP contribution in [0.3, 0.4) is 0 Å². The molecule has 0 atom stereocenters. The predicted octanol–water partition coefficient (Wildman–Crippen LogP) is 4.91. The van der Waals surface area contributed by atoms with E-state index in [1.165, 1.54) is 50.7 Å². The van der Waals surface area contributed by atoms with Crippen LogP contribution >= 0.6 is 0 Å². The van der Waals surface area contributed by atoms with Crippen LogP contribution in [0.1, 0.15) is 50.0 Å². The van der Waals surface area contributed by atoms with Gasteiger partial charge >= 0.3 is 6.18 Å². The first-order valence-corrected chi connectivity index (χ1v) is 8.64. The van der Waals surface area contributed by atoms with Crippen LogP contribution in [0, 0.1) is 0 Å². The van der Waals surface area contributed by atoms with Crippen LogP contribution in [0.5, 0.6) is 0 Å². The summed E-state index contributed by atoms with van der Waals surface area (Å²) in [5.41, 5.74) is -0.173. The Labute approximate surface area is 145 Å². The summed E-state index contributed by atoms with van der Waals surface area (Å²) in [4.78, 5) is 6.56. The summed E-state index contributed by atoms with van der Waals surface area (Å²) in [7, 11) is 2.05. The highest BCUT2D eigenvalue weighted by atomic mass is 19.4. The van der Waals surface area contributed by atoms with Gasteiger partial charge in [-0.15, -0.1) is 0 Å². The van der Waals surface area contributed by atoms with Gasteiger partial charge in [-0.05, 0) is 32.0 Å². The van der Waals surface area contributed by atoms with Crippen molar-refractivity contribution in [2.45, 2.75) is 57.3 Å². The molecule has 0 amide bonds. The van der Waals surface area contributed by atoms with Crippen LogP contribution in [0.25, 0.3) is 11.4 Å². The fourth-order valence-electron chi connectivity index (χ4n) is 3.29. The Morgan fingerprint density at radius 1 is 1.08 bits per heavy atom. The van der Waals surface area contributed by atoms with Gasteiger partial charge in [0.05, 0.1) is 12.1 Å². The fraction of sp³-hybridized carbons (Fsp3) is 0.556. The van der Waals surface area contributed by atoms with E-state index in [2.05, 4.69) is 22.1 Å². The van der Waals surface area contributed by atoms with Crippen molar-refractivity contribution in [3.8, 4) is 11.4 Å². The van der Waals surface area contributed by atoms with Gasteiger partial charge in [-0.3, -0.25) is 4.90 Å². The maximum absolute atomic E-state index is 12.6. The standard InChI is InChI=1S/C18H22F3N3O/c1-24(15-6-4-2-3-5-7-15)12-16-22-17(23-25-16)13-8-10-14(11-9-13)18(19,20)21/h8-11,15H,2-7,12H2,1H3. The number of alkyl halides is 3. The van der Waals surface area contributed by atoms with E-state index in [-0.39, 0.29) is 0 Å². The molecule has 0 unspecified atom stereocenters. The quantitative estimate of drug-likeness (QED) is 0.733. The number of hydrogen-bond donors (Lipinski definition) is 0. The van der Waals surface area contributed by atoms with Crippen LogP contribution < -0.4 is 0 Å². The molecule has 3 rings (SSSR count). The van der Waals surface area contributed by atoms with Crippen molar-refractivity contribution in [1.29, 1.82) is 0 Å². The smallest absolute Gasteiger partial charge is 0.338 e. The van der Waals surface area contributed by atoms with Crippen molar-refractivity contribution in [3.05, 3.63) is 35.7 Å². The molecule has 0 aliphatic heterocycles. The number of nitrogens with zero attached hydrogens (tertiary/aromatic N) is 3. The second-order valence-corrected chi connectivity index (χ2v) is 6.65. The van der Waals surface area contributed by atoms with Crippen molar-refractivity contribution in [2.24, 2.45) is 0 Å². The third kappa shape index (κ3) is 4.60. The van der Waals surface area contributed by atoms with Gasteiger partial charge in [0.15, 0.2) is 0 Å².